The smallest absolute Gasteiger partial charge is 0.292 e. The maximum atomic E-state index is 12.6. The Morgan fingerprint density at radius 2 is 2.08 bits per heavy atom. The van der Waals surface area contributed by atoms with Gasteiger partial charge in [-0.2, -0.15) is 5.26 Å². The van der Waals surface area contributed by atoms with Crippen molar-refractivity contribution >= 4 is 45.2 Å². The molecule has 0 atom stereocenters. The first-order valence-corrected chi connectivity index (χ1v) is 13.6. The van der Waals surface area contributed by atoms with Gasteiger partial charge >= 0.3 is 0 Å². The summed E-state index contributed by atoms with van der Waals surface area (Å²) in [6.45, 7) is 2.81. The fourth-order valence-electron chi connectivity index (χ4n) is 3.59. The molecule has 0 unspecified atom stereocenters. The van der Waals surface area contributed by atoms with Gasteiger partial charge in [0.25, 0.3) is 5.91 Å². The molecule has 4 aromatic rings. The molecule has 1 aromatic carbocycles. The number of furan rings is 1. The fourth-order valence-corrected chi connectivity index (χ4v) is 5.31. The minimum absolute atomic E-state index is 0.197. The van der Waals surface area contributed by atoms with E-state index in [9.17, 15) is 10.1 Å². The lowest BCUT2D eigenvalue weighted by molar-refractivity contribution is 0.0997. The van der Waals surface area contributed by atoms with Crippen LogP contribution in [0.25, 0.3) is 22.2 Å². The number of anilines is 1. The Morgan fingerprint density at radius 3 is 2.78 bits per heavy atom. The van der Waals surface area contributed by atoms with E-state index in [4.69, 9.17) is 18.9 Å². The molecule has 0 saturated carbocycles. The van der Waals surface area contributed by atoms with E-state index in [0.29, 0.717) is 39.4 Å². The summed E-state index contributed by atoms with van der Waals surface area (Å²) >= 11 is 2.75. The van der Waals surface area contributed by atoms with Gasteiger partial charge in [-0.25, -0.2) is 4.98 Å². The summed E-state index contributed by atoms with van der Waals surface area (Å²) in [5, 5.41) is 15.8. The van der Waals surface area contributed by atoms with Crippen LogP contribution in [0, 0.1) is 11.3 Å². The van der Waals surface area contributed by atoms with Crippen LogP contribution in [-0.2, 0) is 0 Å². The zero-order valence-electron chi connectivity index (χ0n) is 20.7. The van der Waals surface area contributed by atoms with Crippen molar-refractivity contribution in [1.82, 2.24) is 4.98 Å². The van der Waals surface area contributed by atoms with Gasteiger partial charge in [-0.1, -0.05) is 49.7 Å². The largest absolute Gasteiger partial charge is 0.493 e. The van der Waals surface area contributed by atoms with Gasteiger partial charge in [-0.05, 0) is 53.8 Å². The molecule has 3 heterocycles. The van der Waals surface area contributed by atoms with Gasteiger partial charge in [0.2, 0.25) is 0 Å². The predicted octanol–water partition coefficient (Wildman–Crippen LogP) is 7.75. The predicted molar refractivity (Wildman–Crippen MR) is 148 cm³/mol. The number of nitrogens with zero attached hydrogens (tertiary/aromatic N) is 2. The van der Waals surface area contributed by atoms with Crippen LogP contribution in [0.1, 0.15) is 53.7 Å². The summed E-state index contributed by atoms with van der Waals surface area (Å²) in [5.41, 5.74) is 1.76. The van der Waals surface area contributed by atoms with Gasteiger partial charge in [0.05, 0.1) is 30.4 Å². The Kier molecular flexibility index (Phi) is 9.13. The van der Waals surface area contributed by atoms with Crippen LogP contribution in [0.4, 0.5) is 5.00 Å². The van der Waals surface area contributed by atoms with E-state index in [-0.39, 0.29) is 11.7 Å². The number of carbonyl (C=O) groups is 1. The van der Waals surface area contributed by atoms with Crippen LogP contribution in [0.2, 0.25) is 0 Å². The fraction of sp³-hybridized carbons (Fsp3) is 0.250. The van der Waals surface area contributed by atoms with Crippen LogP contribution in [0.5, 0.6) is 11.5 Å². The molecular weight excluding hydrogens is 506 g/mol. The lowest BCUT2D eigenvalue weighted by Crippen LogP contribution is -2.10. The number of thiazole rings is 1. The second-order valence-electron chi connectivity index (χ2n) is 8.09. The average Bonchev–Trinajstić information content (AvgIpc) is 3.70. The number of unbranched alkanes of at least 4 members (excludes halogenated alkanes) is 3. The molecule has 0 aliphatic carbocycles. The quantitative estimate of drug-likeness (QED) is 0.148. The number of ether oxygens (including phenoxy) is 2. The molecule has 190 valence electrons. The summed E-state index contributed by atoms with van der Waals surface area (Å²) < 4.78 is 16.7. The third-order valence-corrected chi connectivity index (χ3v) is 7.34. The molecule has 1 amide bonds. The number of amides is 1. The number of allylic oxidation sites excluding steroid dienone is 1. The van der Waals surface area contributed by atoms with Gasteiger partial charge in [0.15, 0.2) is 17.3 Å². The van der Waals surface area contributed by atoms with Crippen LogP contribution >= 0.6 is 22.7 Å². The zero-order valence-corrected chi connectivity index (χ0v) is 22.3. The van der Waals surface area contributed by atoms with Crippen molar-refractivity contribution in [3.8, 4) is 28.1 Å². The molecule has 0 radical (unpaired) electrons. The Balaban J connectivity index is 1.59. The number of benzene rings is 1. The summed E-state index contributed by atoms with van der Waals surface area (Å²) in [5.74, 6) is 1.09. The van der Waals surface area contributed by atoms with E-state index in [2.05, 4.69) is 18.3 Å². The highest BCUT2D eigenvalue weighted by molar-refractivity contribution is 7.19. The number of aromatic nitrogens is 1. The third-order valence-electron chi connectivity index (χ3n) is 5.46. The first kappa shape index (κ1) is 26.2. The van der Waals surface area contributed by atoms with Crippen molar-refractivity contribution in [1.29, 1.82) is 5.26 Å². The topological polar surface area (TPSA) is 97.4 Å². The SMILES string of the molecule is CCCCCCOc1ccc(C=C(C#N)c2nc(-c3cccs3)c(NC(=O)c3ccco3)s2)cc1OC. The van der Waals surface area contributed by atoms with Crippen molar-refractivity contribution in [3.05, 3.63) is 70.4 Å². The highest BCUT2D eigenvalue weighted by Gasteiger charge is 2.20. The van der Waals surface area contributed by atoms with Gasteiger partial charge in [0, 0.05) is 0 Å². The zero-order chi connectivity index (χ0) is 26.0. The Morgan fingerprint density at radius 1 is 1.19 bits per heavy atom. The normalized spacial score (nSPS) is 11.2. The molecule has 7 nitrogen and oxygen atoms in total. The van der Waals surface area contributed by atoms with Crippen LogP contribution in [0.15, 0.2) is 58.5 Å². The Hall–Kier alpha value is -3.87. The Bertz CT molecular complexity index is 1380. The van der Waals surface area contributed by atoms with Crippen LogP contribution in [-0.4, -0.2) is 24.6 Å². The lowest BCUT2D eigenvalue weighted by Gasteiger charge is -2.11. The molecule has 0 saturated heterocycles. The molecule has 0 aliphatic heterocycles. The van der Waals surface area contributed by atoms with Crippen molar-refractivity contribution in [2.24, 2.45) is 0 Å². The molecular formula is C28H27N3O4S2. The minimum atomic E-state index is -0.379. The van der Waals surface area contributed by atoms with Crippen molar-refractivity contribution in [3.63, 3.8) is 0 Å². The molecule has 9 heteroatoms. The molecule has 3 aromatic heterocycles. The second-order valence-corrected chi connectivity index (χ2v) is 10.0. The summed E-state index contributed by atoms with van der Waals surface area (Å²) in [6.07, 6.45) is 7.70. The second kappa shape index (κ2) is 12.9. The number of hydrogen-bond acceptors (Lipinski definition) is 8. The molecule has 0 spiro atoms. The van der Waals surface area contributed by atoms with E-state index in [1.54, 1.807) is 25.3 Å². The van der Waals surface area contributed by atoms with Crippen molar-refractivity contribution in [2.75, 3.05) is 19.0 Å². The highest BCUT2D eigenvalue weighted by atomic mass is 32.1. The summed E-state index contributed by atoms with van der Waals surface area (Å²) in [7, 11) is 1.60. The Labute approximate surface area is 224 Å². The molecule has 1 N–H and O–H groups in total. The average molecular weight is 534 g/mol. The van der Waals surface area contributed by atoms with Gasteiger partial charge < -0.3 is 19.2 Å². The first-order chi connectivity index (χ1) is 18.1. The number of nitriles is 1. The highest BCUT2D eigenvalue weighted by Crippen LogP contribution is 2.39. The van der Waals surface area contributed by atoms with Gasteiger partial charge in [-0.3, -0.25) is 4.79 Å². The summed E-state index contributed by atoms with van der Waals surface area (Å²) in [4.78, 5) is 18.2. The van der Waals surface area contributed by atoms with E-state index in [0.717, 1.165) is 23.3 Å². The number of hydrogen-bond donors (Lipinski definition) is 1. The number of carbonyl (C=O) groups excluding carboxylic acids is 1. The van der Waals surface area contributed by atoms with Gasteiger partial charge in [0.1, 0.15) is 21.8 Å². The standard InChI is InChI=1S/C28H27N3O4S2/c1-3-4-5-6-13-34-21-12-11-19(17-23(21)33-2)16-20(18-29)27-30-25(24-10-8-15-36-24)28(37-27)31-26(32)22-9-7-14-35-22/h7-12,14-17H,3-6,13H2,1-2H3,(H,31,32). The lowest BCUT2D eigenvalue weighted by atomic mass is 10.1. The van der Waals surface area contributed by atoms with Crippen molar-refractivity contribution in [2.45, 2.75) is 32.6 Å². The van der Waals surface area contributed by atoms with E-state index >= 15 is 0 Å². The minimum Gasteiger partial charge on any atom is -0.493 e. The number of nitrogens with one attached hydrogen (secondary N) is 1. The maximum Gasteiger partial charge on any atom is 0.292 e. The van der Waals surface area contributed by atoms with E-state index in [1.807, 2.05) is 35.7 Å². The van der Waals surface area contributed by atoms with E-state index in [1.165, 1.54) is 41.8 Å². The first-order valence-electron chi connectivity index (χ1n) is 12.0. The molecule has 0 aliphatic rings. The third kappa shape index (κ3) is 6.67. The van der Waals surface area contributed by atoms with Crippen molar-refractivity contribution < 1.29 is 18.7 Å². The monoisotopic (exact) mass is 533 g/mol. The number of methoxy groups -OCH3 is 1. The molecule has 37 heavy (non-hydrogen) atoms. The van der Waals surface area contributed by atoms with Crippen LogP contribution < -0.4 is 14.8 Å². The molecule has 4 rings (SSSR count). The number of thiophene rings is 1. The maximum absolute atomic E-state index is 12.6. The summed E-state index contributed by atoms with van der Waals surface area (Å²) in [6, 6.07) is 14.9. The van der Waals surface area contributed by atoms with Gasteiger partial charge in [-0.15, -0.1) is 11.3 Å². The molecule has 0 fully saturated rings. The molecule has 0 bridgehead atoms. The number of rotatable bonds is 12. The van der Waals surface area contributed by atoms with Crippen LogP contribution in [0.3, 0.4) is 0 Å². The van der Waals surface area contributed by atoms with E-state index < -0.39 is 0 Å².